The number of fused-ring (bicyclic) bond motifs is 2. The molecule has 0 saturated heterocycles. The molecule has 0 aliphatic heterocycles. The number of esters is 1. The minimum Gasteiger partial charge on any atom is -0.466 e. The van der Waals surface area contributed by atoms with Crippen molar-refractivity contribution in [3.63, 3.8) is 0 Å². The zero-order valence-corrected chi connectivity index (χ0v) is 16.5. The van der Waals surface area contributed by atoms with Crippen molar-refractivity contribution in [3.05, 3.63) is 77.0 Å². The fraction of sp³-hybridized carbons (Fsp3) is 0.292. The van der Waals surface area contributed by atoms with Crippen LogP contribution in [0.25, 0.3) is 17.0 Å². The van der Waals surface area contributed by atoms with Crippen molar-refractivity contribution >= 4 is 22.9 Å². The number of hydrogen-bond donors (Lipinski definition) is 3. The maximum atomic E-state index is 11.3. The van der Waals surface area contributed by atoms with Crippen LogP contribution >= 0.6 is 0 Å². The molecule has 0 spiro atoms. The lowest BCUT2D eigenvalue weighted by atomic mass is 10.0. The highest BCUT2D eigenvalue weighted by atomic mass is 16.5. The minimum atomic E-state index is -0.354. The summed E-state index contributed by atoms with van der Waals surface area (Å²) < 4.78 is 4.65. The Balaban J connectivity index is 1.46. The van der Waals surface area contributed by atoms with E-state index in [1.54, 1.807) is 6.08 Å². The molecule has 0 saturated carbocycles. The van der Waals surface area contributed by atoms with Gasteiger partial charge in [-0.05, 0) is 53.7 Å². The number of H-pyrrole nitrogens is 1. The Morgan fingerprint density at radius 2 is 2.21 bits per heavy atom. The van der Waals surface area contributed by atoms with Crippen molar-refractivity contribution in [2.45, 2.75) is 31.3 Å². The number of aromatic nitrogens is 1. The molecule has 0 unspecified atom stereocenters. The van der Waals surface area contributed by atoms with Gasteiger partial charge in [-0.25, -0.2) is 4.79 Å². The van der Waals surface area contributed by atoms with E-state index in [0.29, 0.717) is 0 Å². The number of rotatable bonds is 7. The highest BCUT2D eigenvalue weighted by Gasteiger charge is 2.25. The normalized spacial score (nSPS) is 17.0. The second-order valence-electron chi connectivity index (χ2n) is 7.52. The third kappa shape index (κ3) is 4.26. The molecule has 5 nitrogen and oxygen atoms in total. The van der Waals surface area contributed by atoms with E-state index in [2.05, 4.69) is 39.3 Å². The lowest BCUT2D eigenvalue weighted by Crippen LogP contribution is -2.36. The van der Waals surface area contributed by atoms with E-state index in [1.165, 1.54) is 35.3 Å². The lowest BCUT2D eigenvalue weighted by molar-refractivity contribution is -0.134. The third-order valence-electron chi connectivity index (χ3n) is 5.66. The van der Waals surface area contributed by atoms with Crippen molar-refractivity contribution in [3.8, 4) is 0 Å². The second kappa shape index (κ2) is 8.64. The number of carbonyl (C=O) groups excluding carboxylic acids is 1. The van der Waals surface area contributed by atoms with E-state index < -0.39 is 0 Å². The molecule has 4 rings (SSSR count). The predicted molar refractivity (Wildman–Crippen MR) is 115 cm³/mol. The fourth-order valence-corrected chi connectivity index (χ4v) is 4.17. The van der Waals surface area contributed by atoms with Crippen LogP contribution in [0.3, 0.4) is 0 Å². The highest BCUT2D eigenvalue weighted by Crippen LogP contribution is 2.33. The highest BCUT2D eigenvalue weighted by molar-refractivity contribution is 5.87. The number of aryl methyl sites for hydroxylation is 1. The summed E-state index contributed by atoms with van der Waals surface area (Å²) >= 11 is 0. The summed E-state index contributed by atoms with van der Waals surface area (Å²) in [5, 5.41) is 14.8. The van der Waals surface area contributed by atoms with Crippen LogP contribution < -0.4 is 5.32 Å². The predicted octanol–water partition coefficient (Wildman–Crippen LogP) is 3.53. The number of nitrogens with one attached hydrogen (secondary N) is 2. The molecular weight excluding hydrogens is 364 g/mol. The Bertz CT molecular complexity index is 1040. The van der Waals surface area contributed by atoms with Gasteiger partial charge in [-0.1, -0.05) is 36.4 Å². The molecule has 2 aromatic carbocycles. The molecule has 1 aliphatic rings. The van der Waals surface area contributed by atoms with Crippen LogP contribution in [0.4, 0.5) is 0 Å². The molecule has 1 aliphatic carbocycles. The van der Waals surface area contributed by atoms with E-state index in [9.17, 15) is 9.90 Å². The number of aromatic amines is 1. The van der Waals surface area contributed by atoms with E-state index in [4.69, 9.17) is 0 Å². The number of benzene rings is 2. The van der Waals surface area contributed by atoms with Crippen LogP contribution in [0.2, 0.25) is 0 Å². The number of para-hydroxylation sites is 1. The first-order chi connectivity index (χ1) is 14.2. The summed E-state index contributed by atoms with van der Waals surface area (Å²) in [6, 6.07) is 14.7. The molecular formula is C24H26N2O3. The summed E-state index contributed by atoms with van der Waals surface area (Å²) in [7, 11) is 1.37. The van der Waals surface area contributed by atoms with Gasteiger partial charge in [-0.3, -0.25) is 0 Å². The van der Waals surface area contributed by atoms with Crippen LogP contribution in [0.1, 0.15) is 34.7 Å². The van der Waals surface area contributed by atoms with Gasteiger partial charge in [-0.15, -0.1) is 0 Å². The van der Waals surface area contributed by atoms with Gasteiger partial charge in [0.1, 0.15) is 0 Å². The zero-order chi connectivity index (χ0) is 20.2. The molecule has 1 aromatic heterocycles. The van der Waals surface area contributed by atoms with E-state index in [-0.39, 0.29) is 24.7 Å². The van der Waals surface area contributed by atoms with Crippen LogP contribution in [-0.2, 0) is 22.4 Å². The molecule has 150 valence electrons. The third-order valence-corrected chi connectivity index (χ3v) is 5.66. The van der Waals surface area contributed by atoms with E-state index in [0.717, 1.165) is 30.3 Å². The second-order valence-corrected chi connectivity index (χ2v) is 7.52. The minimum absolute atomic E-state index is 0.0101. The van der Waals surface area contributed by atoms with Crippen LogP contribution in [0.15, 0.2) is 54.7 Å². The number of methoxy groups -OCH3 is 1. The van der Waals surface area contributed by atoms with Gasteiger partial charge in [-0.2, -0.15) is 0 Å². The van der Waals surface area contributed by atoms with Gasteiger partial charge in [0.25, 0.3) is 0 Å². The number of carbonyl (C=O) groups is 1. The van der Waals surface area contributed by atoms with Crippen molar-refractivity contribution in [1.29, 1.82) is 0 Å². The molecule has 3 aromatic rings. The van der Waals surface area contributed by atoms with E-state index in [1.807, 2.05) is 24.4 Å². The standard InChI is InChI=1S/C24H26N2O3/c1-29-24(28)11-7-16-6-9-21-17(12-16)8-10-23(21)26-19(15-27)13-18-14-25-22-5-3-2-4-20(18)22/h2-7,9,11-12,14,19,23,25-27H,8,10,13,15H2,1H3/t19-,23+/m1/s1. The average Bonchev–Trinajstić information content (AvgIpc) is 3.35. The summed E-state index contributed by atoms with van der Waals surface area (Å²) in [5.41, 5.74) is 5.90. The topological polar surface area (TPSA) is 74.3 Å². The number of hydrogen-bond acceptors (Lipinski definition) is 4. The molecule has 0 amide bonds. The zero-order valence-electron chi connectivity index (χ0n) is 16.5. The SMILES string of the molecule is COC(=O)C=Cc1ccc2c(c1)CC[C@@H]2N[C@@H](CO)Cc1c[nH]c2ccccc12. The number of aliphatic hydroxyl groups is 1. The van der Waals surface area contributed by atoms with Crippen LogP contribution in [0.5, 0.6) is 0 Å². The summed E-state index contributed by atoms with van der Waals surface area (Å²) in [6.07, 6.45) is 8.02. The molecule has 0 radical (unpaired) electrons. The monoisotopic (exact) mass is 390 g/mol. The quantitative estimate of drug-likeness (QED) is 0.426. The summed E-state index contributed by atoms with van der Waals surface area (Å²) in [4.78, 5) is 14.6. The summed E-state index contributed by atoms with van der Waals surface area (Å²) in [5.74, 6) is -0.354. The van der Waals surface area contributed by atoms with Gasteiger partial charge < -0.3 is 20.1 Å². The molecule has 2 atom stereocenters. The van der Waals surface area contributed by atoms with Gasteiger partial charge in [0.05, 0.1) is 13.7 Å². The van der Waals surface area contributed by atoms with Crippen molar-refractivity contribution in [2.75, 3.05) is 13.7 Å². The van der Waals surface area contributed by atoms with Gasteiger partial charge in [0.15, 0.2) is 0 Å². The first-order valence-corrected chi connectivity index (χ1v) is 9.98. The first-order valence-electron chi connectivity index (χ1n) is 9.98. The Kier molecular flexibility index (Phi) is 5.79. The van der Waals surface area contributed by atoms with Crippen molar-refractivity contribution in [1.82, 2.24) is 10.3 Å². The Morgan fingerprint density at radius 3 is 3.03 bits per heavy atom. The maximum absolute atomic E-state index is 11.3. The molecule has 0 bridgehead atoms. The van der Waals surface area contributed by atoms with Gasteiger partial charge in [0, 0.05) is 35.3 Å². The van der Waals surface area contributed by atoms with Gasteiger partial charge in [0.2, 0.25) is 0 Å². The first kappa shape index (κ1) is 19.4. The molecule has 1 heterocycles. The van der Waals surface area contributed by atoms with Crippen LogP contribution in [0, 0.1) is 0 Å². The molecule has 3 N–H and O–H groups in total. The fourth-order valence-electron chi connectivity index (χ4n) is 4.17. The Hall–Kier alpha value is -2.89. The Labute approximate surface area is 170 Å². The van der Waals surface area contributed by atoms with E-state index >= 15 is 0 Å². The number of ether oxygens (including phenoxy) is 1. The molecule has 5 heteroatoms. The van der Waals surface area contributed by atoms with Crippen LogP contribution in [-0.4, -0.2) is 35.8 Å². The maximum Gasteiger partial charge on any atom is 0.330 e. The van der Waals surface area contributed by atoms with Crippen molar-refractivity contribution in [2.24, 2.45) is 0 Å². The van der Waals surface area contributed by atoms with Gasteiger partial charge >= 0.3 is 5.97 Å². The smallest absolute Gasteiger partial charge is 0.330 e. The summed E-state index contributed by atoms with van der Waals surface area (Å²) in [6.45, 7) is 0.0886. The molecule has 29 heavy (non-hydrogen) atoms. The average molecular weight is 390 g/mol. The molecule has 0 fully saturated rings. The van der Waals surface area contributed by atoms with Crippen molar-refractivity contribution < 1.29 is 14.6 Å². The Morgan fingerprint density at radius 1 is 1.34 bits per heavy atom. The largest absolute Gasteiger partial charge is 0.466 e. The lowest BCUT2D eigenvalue weighted by Gasteiger charge is -2.22. The number of aliphatic hydroxyl groups excluding tert-OH is 1.